The molecule has 0 unspecified atom stereocenters. The summed E-state index contributed by atoms with van der Waals surface area (Å²) in [5.74, 6) is -2.47. The molecule has 4 heteroatoms. The Morgan fingerprint density at radius 2 is 1.77 bits per heavy atom. The van der Waals surface area contributed by atoms with Gasteiger partial charge in [-0.3, -0.25) is 0 Å². The van der Waals surface area contributed by atoms with Crippen molar-refractivity contribution in [3.8, 4) is 0 Å². The van der Waals surface area contributed by atoms with Crippen LogP contribution in [-0.4, -0.2) is 31.2 Å². The van der Waals surface area contributed by atoms with Crippen LogP contribution < -0.4 is 5.32 Å². The van der Waals surface area contributed by atoms with Crippen LogP contribution in [0.25, 0.3) is 0 Å². The molecule has 0 radical (unpaired) electrons. The van der Waals surface area contributed by atoms with Crippen LogP contribution in [0.5, 0.6) is 0 Å². The summed E-state index contributed by atoms with van der Waals surface area (Å²) < 4.78 is 31.5. The number of halogens is 2. The molecular weight excluding hydrogens is 176 g/mol. The highest BCUT2D eigenvalue weighted by Crippen LogP contribution is 2.38. The van der Waals surface area contributed by atoms with E-state index in [2.05, 4.69) is 5.32 Å². The SMILES string of the molecule is FC1(F)CCNC2(CCOCC2)C1. The van der Waals surface area contributed by atoms with Gasteiger partial charge >= 0.3 is 0 Å². The summed E-state index contributed by atoms with van der Waals surface area (Å²) in [5.41, 5.74) is -0.333. The number of hydrogen-bond donors (Lipinski definition) is 1. The van der Waals surface area contributed by atoms with E-state index in [4.69, 9.17) is 4.74 Å². The smallest absolute Gasteiger partial charge is 0.251 e. The van der Waals surface area contributed by atoms with Gasteiger partial charge in [-0.15, -0.1) is 0 Å². The zero-order valence-electron chi connectivity index (χ0n) is 7.61. The van der Waals surface area contributed by atoms with Crippen molar-refractivity contribution in [1.29, 1.82) is 0 Å². The minimum Gasteiger partial charge on any atom is -0.381 e. The van der Waals surface area contributed by atoms with Crippen molar-refractivity contribution in [1.82, 2.24) is 5.32 Å². The molecule has 2 rings (SSSR count). The zero-order valence-corrected chi connectivity index (χ0v) is 7.61. The highest BCUT2D eigenvalue weighted by Gasteiger charge is 2.45. The molecule has 76 valence electrons. The van der Waals surface area contributed by atoms with Crippen molar-refractivity contribution in [3.63, 3.8) is 0 Å². The standard InChI is InChI=1S/C9H15F2NO/c10-9(11)1-4-12-8(7-9)2-5-13-6-3-8/h12H,1-7H2. The van der Waals surface area contributed by atoms with E-state index in [-0.39, 0.29) is 18.4 Å². The largest absolute Gasteiger partial charge is 0.381 e. The van der Waals surface area contributed by atoms with Gasteiger partial charge in [0.05, 0.1) is 0 Å². The maximum Gasteiger partial charge on any atom is 0.251 e. The predicted molar refractivity (Wildman–Crippen MR) is 45.0 cm³/mol. The number of alkyl halides is 2. The Bertz CT molecular complexity index is 185. The lowest BCUT2D eigenvalue weighted by molar-refractivity contribution is -0.0871. The maximum absolute atomic E-state index is 13.2. The molecule has 0 saturated carbocycles. The molecule has 0 aromatic heterocycles. The van der Waals surface area contributed by atoms with Gasteiger partial charge < -0.3 is 10.1 Å². The molecule has 0 aromatic rings. The second-order valence-electron chi connectivity index (χ2n) is 4.10. The Kier molecular flexibility index (Phi) is 2.28. The van der Waals surface area contributed by atoms with Crippen molar-refractivity contribution < 1.29 is 13.5 Å². The molecule has 2 heterocycles. The van der Waals surface area contributed by atoms with E-state index in [9.17, 15) is 8.78 Å². The summed E-state index contributed by atoms with van der Waals surface area (Å²) in [5, 5.41) is 3.23. The van der Waals surface area contributed by atoms with Gasteiger partial charge in [0.2, 0.25) is 0 Å². The average molecular weight is 191 g/mol. The molecule has 0 aliphatic carbocycles. The third-order valence-electron chi connectivity index (χ3n) is 3.04. The molecule has 2 aliphatic heterocycles. The van der Waals surface area contributed by atoms with Gasteiger partial charge in [-0.25, -0.2) is 8.78 Å². The van der Waals surface area contributed by atoms with E-state index in [0.29, 0.717) is 19.8 Å². The summed E-state index contributed by atoms with van der Waals surface area (Å²) in [6, 6.07) is 0. The van der Waals surface area contributed by atoms with Crippen LogP contribution in [-0.2, 0) is 4.74 Å². The first-order valence-corrected chi connectivity index (χ1v) is 4.83. The minimum absolute atomic E-state index is 0.0106. The molecule has 2 saturated heterocycles. The third kappa shape index (κ3) is 1.99. The van der Waals surface area contributed by atoms with E-state index in [1.807, 2.05) is 0 Å². The maximum atomic E-state index is 13.2. The molecule has 0 amide bonds. The summed E-state index contributed by atoms with van der Waals surface area (Å²) in [4.78, 5) is 0. The highest BCUT2D eigenvalue weighted by molar-refractivity contribution is 4.98. The number of nitrogens with one attached hydrogen (secondary N) is 1. The lowest BCUT2D eigenvalue weighted by atomic mass is 9.80. The van der Waals surface area contributed by atoms with E-state index in [0.717, 1.165) is 12.8 Å². The average Bonchev–Trinajstić information content (AvgIpc) is 2.03. The predicted octanol–water partition coefficient (Wildman–Crippen LogP) is 1.55. The Labute approximate surface area is 76.6 Å². The lowest BCUT2D eigenvalue weighted by Gasteiger charge is -2.44. The highest BCUT2D eigenvalue weighted by atomic mass is 19.3. The molecule has 0 atom stereocenters. The fraction of sp³-hybridized carbons (Fsp3) is 1.00. The van der Waals surface area contributed by atoms with Crippen LogP contribution in [0.1, 0.15) is 25.7 Å². The quantitative estimate of drug-likeness (QED) is 0.627. The van der Waals surface area contributed by atoms with E-state index >= 15 is 0 Å². The lowest BCUT2D eigenvalue weighted by Crippen LogP contribution is -2.57. The Morgan fingerprint density at radius 3 is 2.38 bits per heavy atom. The first-order valence-electron chi connectivity index (χ1n) is 4.83. The number of ether oxygens (including phenoxy) is 1. The van der Waals surface area contributed by atoms with Crippen LogP contribution in [0.2, 0.25) is 0 Å². The minimum atomic E-state index is -2.47. The molecule has 2 fully saturated rings. The van der Waals surface area contributed by atoms with Gasteiger partial charge in [0, 0.05) is 38.1 Å². The molecule has 0 bridgehead atoms. The van der Waals surface area contributed by atoms with Gasteiger partial charge in [-0.2, -0.15) is 0 Å². The summed E-state index contributed by atoms with van der Waals surface area (Å²) >= 11 is 0. The van der Waals surface area contributed by atoms with Crippen LogP contribution in [0.15, 0.2) is 0 Å². The van der Waals surface area contributed by atoms with Gasteiger partial charge in [-0.1, -0.05) is 0 Å². The van der Waals surface area contributed by atoms with Crippen molar-refractivity contribution >= 4 is 0 Å². The molecule has 1 spiro atoms. The fourth-order valence-electron chi connectivity index (χ4n) is 2.27. The van der Waals surface area contributed by atoms with Gasteiger partial charge in [0.25, 0.3) is 5.92 Å². The van der Waals surface area contributed by atoms with Crippen LogP contribution in [0, 0.1) is 0 Å². The van der Waals surface area contributed by atoms with Gasteiger partial charge in [0.1, 0.15) is 0 Å². The molecular formula is C9H15F2NO. The van der Waals surface area contributed by atoms with Crippen molar-refractivity contribution in [3.05, 3.63) is 0 Å². The van der Waals surface area contributed by atoms with E-state index < -0.39 is 5.92 Å². The topological polar surface area (TPSA) is 21.3 Å². The third-order valence-corrected chi connectivity index (χ3v) is 3.04. The van der Waals surface area contributed by atoms with Gasteiger partial charge in [0.15, 0.2) is 0 Å². The molecule has 13 heavy (non-hydrogen) atoms. The van der Waals surface area contributed by atoms with Crippen molar-refractivity contribution in [2.75, 3.05) is 19.8 Å². The Balaban J connectivity index is 2.04. The summed E-state index contributed by atoms with van der Waals surface area (Å²) in [6.07, 6.45) is 1.42. The van der Waals surface area contributed by atoms with Crippen molar-refractivity contribution in [2.45, 2.75) is 37.1 Å². The monoisotopic (exact) mass is 191 g/mol. The molecule has 2 nitrogen and oxygen atoms in total. The van der Waals surface area contributed by atoms with Crippen LogP contribution in [0.3, 0.4) is 0 Å². The molecule has 2 aliphatic rings. The summed E-state index contributed by atoms with van der Waals surface area (Å²) in [7, 11) is 0. The molecule has 1 N–H and O–H groups in total. The Hall–Kier alpha value is -0.220. The molecule has 0 aromatic carbocycles. The summed E-state index contributed by atoms with van der Waals surface area (Å²) in [6.45, 7) is 1.67. The fourth-order valence-corrected chi connectivity index (χ4v) is 2.27. The van der Waals surface area contributed by atoms with E-state index in [1.165, 1.54) is 0 Å². The first kappa shape index (κ1) is 9.34. The van der Waals surface area contributed by atoms with Crippen LogP contribution >= 0.6 is 0 Å². The first-order chi connectivity index (χ1) is 6.12. The normalized spacial score (nSPS) is 31.8. The van der Waals surface area contributed by atoms with E-state index in [1.54, 1.807) is 0 Å². The number of hydrogen-bond acceptors (Lipinski definition) is 2. The number of piperidine rings is 1. The second-order valence-corrected chi connectivity index (χ2v) is 4.10. The van der Waals surface area contributed by atoms with Crippen LogP contribution in [0.4, 0.5) is 8.78 Å². The van der Waals surface area contributed by atoms with Crippen molar-refractivity contribution in [2.24, 2.45) is 0 Å². The number of rotatable bonds is 0. The zero-order chi connectivity index (χ0) is 9.36. The second kappa shape index (κ2) is 3.17. The Morgan fingerprint density at radius 1 is 1.08 bits per heavy atom. The van der Waals surface area contributed by atoms with Gasteiger partial charge in [-0.05, 0) is 12.8 Å².